The number of esters is 1. The van der Waals surface area contributed by atoms with Gasteiger partial charge in [-0.05, 0) is 13.0 Å². The van der Waals surface area contributed by atoms with Crippen LogP contribution in [-0.2, 0) is 4.74 Å². The second-order valence-electron chi connectivity index (χ2n) is 3.79. The molecule has 0 aliphatic heterocycles. The van der Waals surface area contributed by atoms with E-state index in [1.54, 1.807) is 6.92 Å². The standard InChI is InChI=1S/C12H10ClF2N3O2/c1-2-20-12(19)9-11(16)18(5-17-9)10-7(13)3-6(14)4-8(10)15/h3-5H,2,16H2,1H3. The number of imidazole rings is 1. The predicted molar refractivity (Wildman–Crippen MR) is 68.9 cm³/mol. The first-order valence-electron chi connectivity index (χ1n) is 5.60. The van der Waals surface area contributed by atoms with Gasteiger partial charge < -0.3 is 10.5 Å². The largest absolute Gasteiger partial charge is 0.461 e. The number of hydrogen-bond acceptors (Lipinski definition) is 4. The van der Waals surface area contributed by atoms with E-state index in [-0.39, 0.29) is 28.8 Å². The molecule has 0 aliphatic carbocycles. The summed E-state index contributed by atoms with van der Waals surface area (Å²) in [6.07, 6.45) is 1.11. The lowest BCUT2D eigenvalue weighted by Crippen LogP contribution is -2.10. The summed E-state index contributed by atoms with van der Waals surface area (Å²) in [6.45, 7) is 1.78. The molecule has 5 nitrogen and oxygen atoms in total. The molecule has 0 radical (unpaired) electrons. The molecular formula is C12H10ClF2N3O2. The minimum Gasteiger partial charge on any atom is -0.461 e. The number of halogens is 3. The Hall–Kier alpha value is -2.15. The van der Waals surface area contributed by atoms with E-state index < -0.39 is 17.6 Å². The number of aromatic nitrogens is 2. The van der Waals surface area contributed by atoms with Gasteiger partial charge in [-0.2, -0.15) is 0 Å². The Kier molecular flexibility index (Phi) is 3.89. The zero-order valence-corrected chi connectivity index (χ0v) is 11.1. The molecule has 2 N–H and O–H groups in total. The molecule has 0 amide bonds. The summed E-state index contributed by atoms with van der Waals surface area (Å²) in [5, 5.41) is -0.193. The number of carbonyl (C=O) groups is 1. The lowest BCUT2D eigenvalue weighted by atomic mass is 10.3. The summed E-state index contributed by atoms with van der Waals surface area (Å²) in [6, 6.07) is 1.59. The van der Waals surface area contributed by atoms with E-state index in [9.17, 15) is 13.6 Å². The van der Waals surface area contributed by atoms with Gasteiger partial charge in [0, 0.05) is 6.07 Å². The third-order valence-electron chi connectivity index (χ3n) is 2.50. The van der Waals surface area contributed by atoms with Crippen LogP contribution in [0.15, 0.2) is 18.5 Å². The van der Waals surface area contributed by atoms with E-state index in [1.165, 1.54) is 0 Å². The van der Waals surface area contributed by atoms with Crippen LogP contribution >= 0.6 is 11.6 Å². The first-order chi connectivity index (χ1) is 9.45. The molecule has 2 rings (SSSR count). The molecule has 0 aliphatic rings. The van der Waals surface area contributed by atoms with Crippen molar-refractivity contribution in [1.29, 1.82) is 0 Å². The van der Waals surface area contributed by atoms with Gasteiger partial charge in [-0.15, -0.1) is 0 Å². The average Bonchev–Trinajstić information content (AvgIpc) is 2.71. The van der Waals surface area contributed by atoms with Crippen LogP contribution in [0.25, 0.3) is 5.69 Å². The SMILES string of the molecule is CCOC(=O)c1ncn(-c2c(F)cc(F)cc2Cl)c1N. The van der Waals surface area contributed by atoms with E-state index in [1.807, 2.05) is 0 Å². The second kappa shape index (κ2) is 5.46. The quantitative estimate of drug-likeness (QED) is 0.885. The smallest absolute Gasteiger partial charge is 0.360 e. The normalized spacial score (nSPS) is 10.6. The highest BCUT2D eigenvalue weighted by molar-refractivity contribution is 6.32. The summed E-state index contributed by atoms with van der Waals surface area (Å²) in [7, 11) is 0. The molecule has 106 valence electrons. The third-order valence-corrected chi connectivity index (χ3v) is 2.78. The fraction of sp³-hybridized carbons (Fsp3) is 0.167. The third kappa shape index (κ3) is 2.44. The van der Waals surface area contributed by atoms with E-state index in [4.69, 9.17) is 22.1 Å². The Morgan fingerprint density at radius 1 is 1.50 bits per heavy atom. The van der Waals surface area contributed by atoms with Crippen LogP contribution in [0.2, 0.25) is 5.02 Å². The average molecular weight is 302 g/mol. The maximum Gasteiger partial charge on any atom is 0.360 e. The molecule has 2 aromatic rings. The number of nitrogens with two attached hydrogens (primary N) is 1. The Labute approximate surface area is 117 Å². The molecule has 1 aromatic heterocycles. The molecule has 20 heavy (non-hydrogen) atoms. The van der Waals surface area contributed by atoms with Crippen LogP contribution in [0, 0.1) is 11.6 Å². The van der Waals surface area contributed by atoms with Crippen LogP contribution in [-0.4, -0.2) is 22.1 Å². The number of hydrogen-bond donors (Lipinski definition) is 1. The van der Waals surface area contributed by atoms with Gasteiger partial charge in [-0.3, -0.25) is 4.57 Å². The summed E-state index contributed by atoms with van der Waals surface area (Å²) < 4.78 is 32.6. The van der Waals surface area contributed by atoms with Crippen molar-refractivity contribution in [2.75, 3.05) is 12.3 Å². The Morgan fingerprint density at radius 3 is 2.80 bits per heavy atom. The topological polar surface area (TPSA) is 70.1 Å². The Bertz CT molecular complexity index is 650. The van der Waals surface area contributed by atoms with Crippen molar-refractivity contribution in [3.05, 3.63) is 40.8 Å². The highest BCUT2D eigenvalue weighted by Crippen LogP contribution is 2.28. The van der Waals surface area contributed by atoms with Crippen LogP contribution in [0.3, 0.4) is 0 Å². The van der Waals surface area contributed by atoms with Crippen LogP contribution < -0.4 is 5.73 Å². The van der Waals surface area contributed by atoms with E-state index in [0.717, 1.165) is 17.0 Å². The van der Waals surface area contributed by atoms with Crippen LogP contribution in [0.5, 0.6) is 0 Å². The number of nitrogen functional groups attached to an aromatic ring is 1. The molecule has 1 aromatic carbocycles. The number of anilines is 1. The van der Waals surface area contributed by atoms with Gasteiger partial charge in [-0.1, -0.05) is 11.6 Å². The van der Waals surface area contributed by atoms with Crippen LogP contribution in [0.1, 0.15) is 17.4 Å². The van der Waals surface area contributed by atoms with Gasteiger partial charge in [-0.25, -0.2) is 18.6 Å². The summed E-state index contributed by atoms with van der Waals surface area (Å²) in [5.74, 6) is -2.62. The number of carbonyl (C=O) groups excluding carboxylic acids is 1. The predicted octanol–water partition coefficient (Wildman–Crippen LogP) is 2.56. The maximum absolute atomic E-state index is 13.8. The van der Waals surface area contributed by atoms with E-state index in [0.29, 0.717) is 6.07 Å². The van der Waals surface area contributed by atoms with Crippen LogP contribution in [0.4, 0.5) is 14.6 Å². The number of rotatable bonds is 3. The fourth-order valence-electron chi connectivity index (χ4n) is 1.66. The Morgan fingerprint density at radius 2 is 2.20 bits per heavy atom. The van der Waals surface area contributed by atoms with Crippen molar-refractivity contribution in [3.63, 3.8) is 0 Å². The van der Waals surface area contributed by atoms with Gasteiger partial charge in [0.25, 0.3) is 0 Å². The van der Waals surface area contributed by atoms with Gasteiger partial charge in [0.1, 0.15) is 23.6 Å². The molecule has 0 bridgehead atoms. The lowest BCUT2D eigenvalue weighted by molar-refractivity contribution is 0.0521. The molecule has 0 spiro atoms. The second-order valence-corrected chi connectivity index (χ2v) is 4.19. The number of benzene rings is 1. The van der Waals surface area contributed by atoms with Crippen molar-refractivity contribution in [3.8, 4) is 5.69 Å². The van der Waals surface area contributed by atoms with Crippen molar-refractivity contribution in [2.45, 2.75) is 6.92 Å². The fourth-order valence-corrected chi connectivity index (χ4v) is 1.94. The molecular weight excluding hydrogens is 292 g/mol. The summed E-state index contributed by atoms with van der Waals surface area (Å²) in [4.78, 5) is 15.3. The van der Waals surface area contributed by atoms with Gasteiger partial charge in [0.05, 0.1) is 11.6 Å². The van der Waals surface area contributed by atoms with E-state index >= 15 is 0 Å². The van der Waals surface area contributed by atoms with E-state index in [2.05, 4.69) is 4.98 Å². The van der Waals surface area contributed by atoms with Crippen molar-refractivity contribution in [1.82, 2.24) is 9.55 Å². The Balaban J connectivity index is 2.53. The first-order valence-corrected chi connectivity index (χ1v) is 5.98. The molecule has 0 unspecified atom stereocenters. The first kappa shape index (κ1) is 14.3. The molecule has 0 fully saturated rings. The lowest BCUT2D eigenvalue weighted by Gasteiger charge is -2.09. The zero-order chi connectivity index (χ0) is 14.9. The maximum atomic E-state index is 13.8. The number of nitrogens with zero attached hydrogens (tertiary/aromatic N) is 2. The molecule has 1 heterocycles. The highest BCUT2D eigenvalue weighted by atomic mass is 35.5. The molecule has 0 saturated carbocycles. The number of ether oxygens (including phenoxy) is 1. The van der Waals surface area contributed by atoms with Crippen molar-refractivity contribution < 1.29 is 18.3 Å². The van der Waals surface area contributed by atoms with Gasteiger partial charge in [0.2, 0.25) is 0 Å². The monoisotopic (exact) mass is 301 g/mol. The minimum absolute atomic E-state index is 0.143. The van der Waals surface area contributed by atoms with Crippen molar-refractivity contribution >= 4 is 23.4 Å². The minimum atomic E-state index is -0.922. The zero-order valence-electron chi connectivity index (χ0n) is 10.4. The summed E-state index contributed by atoms with van der Waals surface area (Å²) >= 11 is 5.79. The molecule has 0 saturated heterocycles. The molecule has 0 atom stereocenters. The van der Waals surface area contributed by atoms with Crippen molar-refractivity contribution in [2.24, 2.45) is 0 Å². The molecule has 8 heteroatoms. The van der Waals surface area contributed by atoms with Gasteiger partial charge in [0.15, 0.2) is 11.5 Å². The highest BCUT2D eigenvalue weighted by Gasteiger charge is 2.21. The summed E-state index contributed by atoms with van der Waals surface area (Å²) in [5.41, 5.74) is 5.38. The van der Waals surface area contributed by atoms with Gasteiger partial charge >= 0.3 is 5.97 Å².